The van der Waals surface area contributed by atoms with Crippen LogP contribution in [0.1, 0.15) is 19.8 Å². The Hall–Kier alpha value is -1.53. The van der Waals surface area contributed by atoms with Crippen LogP contribution in [0.15, 0.2) is 41.1 Å². The van der Waals surface area contributed by atoms with Crippen molar-refractivity contribution in [3.05, 3.63) is 41.1 Å². The summed E-state index contributed by atoms with van der Waals surface area (Å²) in [6.07, 6.45) is 6.10. The summed E-state index contributed by atoms with van der Waals surface area (Å²) >= 11 is 3.43. The Morgan fingerprint density at radius 1 is 1.22 bits per heavy atom. The molecule has 1 aliphatic heterocycles. The van der Waals surface area contributed by atoms with Gasteiger partial charge in [0.2, 0.25) is 0 Å². The number of para-hydroxylation sites is 2. The van der Waals surface area contributed by atoms with Crippen LogP contribution in [0.25, 0.3) is 0 Å². The third kappa shape index (κ3) is 4.48. The molecule has 2 aromatic rings. The van der Waals surface area contributed by atoms with Crippen LogP contribution in [0.3, 0.4) is 0 Å². The topological polar surface area (TPSA) is 39.5 Å². The Kier molecular flexibility index (Phi) is 5.56. The first-order chi connectivity index (χ1) is 11.2. The average Bonchev–Trinajstić information content (AvgIpc) is 2.96. The summed E-state index contributed by atoms with van der Waals surface area (Å²) in [5.41, 5.74) is 0. The second-order valence-corrected chi connectivity index (χ2v) is 6.57. The molecule has 0 unspecified atom stereocenters. The molecular formula is C17H22BrN3O2. The number of benzene rings is 1. The van der Waals surface area contributed by atoms with Crippen molar-refractivity contribution in [1.29, 1.82) is 0 Å². The van der Waals surface area contributed by atoms with Gasteiger partial charge in [-0.3, -0.25) is 9.58 Å². The molecule has 1 aromatic carbocycles. The van der Waals surface area contributed by atoms with Crippen molar-refractivity contribution in [1.82, 2.24) is 14.7 Å². The van der Waals surface area contributed by atoms with Crippen molar-refractivity contribution in [3.63, 3.8) is 0 Å². The fraction of sp³-hybridized carbons (Fsp3) is 0.471. The maximum absolute atomic E-state index is 6.16. The van der Waals surface area contributed by atoms with E-state index in [0.717, 1.165) is 48.6 Å². The molecule has 1 saturated heterocycles. The number of aromatic nitrogens is 2. The van der Waals surface area contributed by atoms with Gasteiger partial charge >= 0.3 is 0 Å². The van der Waals surface area contributed by atoms with E-state index in [1.165, 1.54) is 0 Å². The zero-order chi connectivity index (χ0) is 16.1. The second-order valence-electron chi connectivity index (χ2n) is 5.65. The van der Waals surface area contributed by atoms with E-state index in [4.69, 9.17) is 9.47 Å². The van der Waals surface area contributed by atoms with Gasteiger partial charge in [-0.25, -0.2) is 0 Å². The molecule has 0 N–H and O–H groups in total. The van der Waals surface area contributed by atoms with Gasteiger partial charge in [-0.2, -0.15) is 5.10 Å². The lowest BCUT2D eigenvalue weighted by Crippen LogP contribution is -2.39. The summed E-state index contributed by atoms with van der Waals surface area (Å²) in [4.78, 5) is 2.40. The molecule has 0 spiro atoms. The smallest absolute Gasteiger partial charge is 0.161 e. The molecule has 0 saturated carbocycles. The summed E-state index contributed by atoms with van der Waals surface area (Å²) in [5, 5.41) is 4.31. The molecule has 0 aliphatic carbocycles. The number of likely N-dealkylation sites (tertiary alicyclic amines) is 1. The van der Waals surface area contributed by atoms with Gasteiger partial charge in [-0.05, 0) is 47.8 Å². The molecule has 0 bridgehead atoms. The van der Waals surface area contributed by atoms with Crippen LogP contribution in [0, 0.1) is 0 Å². The van der Waals surface area contributed by atoms with Gasteiger partial charge in [0.05, 0.1) is 23.9 Å². The minimum absolute atomic E-state index is 0.247. The zero-order valence-electron chi connectivity index (χ0n) is 13.3. The van der Waals surface area contributed by atoms with Crippen LogP contribution >= 0.6 is 15.9 Å². The number of rotatable bonds is 6. The summed E-state index contributed by atoms with van der Waals surface area (Å²) < 4.78 is 14.8. The first-order valence-corrected chi connectivity index (χ1v) is 8.82. The highest BCUT2D eigenvalue weighted by Gasteiger charge is 2.21. The molecule has 3 rings (SSSR count). The summed E-state index contributed by atoms with van der Waals surface area (Å²) in [5.74, 6) is 1.68. The van der Waals surface area contributed by atoms with E-state index < -0.39 is 0 Å². The number of ether oxygens (including phenoxy) is 2. The fourth-order valence-corrected chi connectivity index (χ4v) is 3.12. The molecule has 1 aliphatic rings. The van der Waals surface area contributed by atoms with Crippen LogP contribution < -0.4 is 9.47 Å². The SMILES string of the molecule is CCOc1ccccc1OC1CCN(Cn2cc(Br)cn2)CC1. The van der Waals surface area contributed by atoms with Crippen LogP contribution in [-0.2, 0) is 6.67 Å². The molecule has 23 heavy (non-hydrogen) atoms. The lowest BCUT2D eigenvalue weighted by atomic mass is 10.1. The van der Waals surface area contributed by atoms with Crippen LogP contribution in [0.4, 0.5) is 0 Å². The van der Waals surface area contributed by atoms with Gasteiger partial charge in [0, 0.05) is 19.3 Å². The average molecular weight is 380 g/mol. The van der Waals surface area contributed by atoms with Gasteiger partial charge in [0.1, 0.15) is 6.10 Å². The van der Waals surface area contributed by atoms with Gasteiger partial charge in [-0.1, -0.05) is 12.1 Å². The Morgan fingerprint density at radius 2 is 1.96 bits per heavy atom. The monoisotopic (exact) mass is 379 g/mol. The lowest BCUT2D eigenvalue weighted by Gasteiger charge is -2.32. The minimum atomic E-state index is 0.247. The van der Waals surface area contributed by atoms with E-state index in [1.807, 2.05) is 48.3 Å². The standard InChI is InChI=1S/C17H22BrN3O2/c1-2-22-16-5-3-4-6-17(16)23-15-7-9-20(10-8-15)13-21-12-14(18)11-19-21/h3-6,11-12,15H,2,7-10,13H2,1H3. The number of hydrogen-bond acceptors (Lipinski definition) is 4. The molecule has 6 heteroatoms. The number of hydrogen-bond donors (Lipinski definition) is 0. The Morgan fingerprint density at radius 3 is 2.61 bits per heavy atom. The summed E-state index contributed by atoms with van der Waals surface area (Å²) in [6, 6.07) is 7.91. The highest BCUT2D eigenvalue weighted by Crippen LogP contribution is 2.29. The fourth-order valence-electron chi connectivity index (χ4n) is 2.79. The number of piperidine rings is 1. The minimum Gasteiger partial charge on any atom is -0.490 e. The molecule has 0 radical (unpaired) electrons. The van der Waals surface area contributed by atoms with E-state index in [-0.39, 0.29) is 6.10 Å². The van der Waals surface area contributed by atoms with Crippen molar-refractivity contribution in [2.45, 2.75) is 32.5 Å². The maximum atomic E-state index is 6.16. The highest BCUT2D eigenvalue weighted by molar-refractivity contribution is 9.10. The highest BCUT2D eigenvalue weighted by atomic mass is 79.9. The normalized spacial score (nSPS) is 16.4. The molecule has 5 nitrogen and oxygen atoms in total. The summed E-state index contributed by atoms with van der Waals surface area (Å²) in [6.45, 7) is 5.49. The van der Waals surface area contributed by atoms with Crippen LogP contribution in [0.2, 0.25) is 0 Å². The van der Waals surface area contributed by atoms with Crippen molar-refractivity contribution in [3.8, 4) is 11.5 Å². The van der Waals surface area contributed by atoms with Crippen LogP contribution in [0.5, 0.6) is 11.5 Å². The van der Waals surface area contributed by atoms with E-state index in [9.17, 15) is 0 Å². The molecule has 1 fully saturated rings. The molecular weight excluding hydrogens is 358 g/mol. The van der Waals surface area contributed by atoms with Crippen molar-refractivity contribution in [2.24, 2.45) is 0 Å². The van der Waals surface area contributed by atoms with Crippen molar-refractivity contribution in [2.75, 3.05) is 19.7 Å². The molecule has 0 atom stereocenters. The van der Waals surface area contributed by atoms with E-state index in [2.05, 4.69) is 25.9 Å². The molecule has 124 valence electrons. The van der Waals surface area contributed by atoms with Crippen molar-refractivity contribution >= 4 is 15.9 Å². The van der Waals surface area contributed by atoms with Gasteiger partial charge < -0.3 is 9.47 Å². The van der Waals surface area contributed by atoms with Gasteiger partial charge in [-0.15, -0.1) is 0 Å². The largest absolute Gasteiger partial charge is 0.490 e. The second kappa shape index (κ2) is 7.84. The van der Waals surface area contributed by atoms with Gasteiger partial charge in [0.15, 0.2) is 11.5 Å². The number of halogens is 1. The number of nitrogens with zero attached hydrogens (tertiary/aromatic N) is 3. The van der Waals surface area contributed by atoms with Crippen molar-refractivity contribution < 1.29 is 9.47 Å². The molecule has 0 amide bonds. The first kappa shape index (κ1) is 16.3. The van der Waals surface area contributed by atoms with Crippen LogP contribution in [-0.4, -0.2) is 40.5 Å². The predicted octanol–water partition coefficient (Wildman–Crippen LogP) is 3.55. The predicted molar refractivity (Wildman–Crippen MR) is 92.8 cm³/mol. The van der Waals surface area contributed by atoms with E-state index >= 15 is 0 Å². The lowest BCUT2D eigenvalue weighted by molar-refractivity contribution is 0.0783. The Balaban J connectivity index is 1.51. The van der Waals surface area contributed by atoms with E-state index in [0.29, 0.717) is 6.61 Å². The van der Waals surface area contributed by atoms with E-state index in [1.54, 1.807) is 0 Å². The molecule has 1 aromatic heterocycles. The third-order valence-electron chi connectivity index (χ3n) is 3.92. The Labute approximate surface area is 145 Å². The zero-order valence-corrected chi connectivity index (χ0v) is 14.9. The van der Waals surface area contributed by atoms with Gasteiger partial charge in [0.25, 0.3) is 0 Å². The Bertz CT molecular complexity index is 624. The maximum Gasteiger partial charge on any atom is 0.161 e. The quantitative estimate of drug-likeness (QED) is 0.769. The first-order valence-electron chi connectivity index (χ1n) is 8.03. The third-order valence-corrected chi connectivity index (χ3v) is 4.33. The summed E-state index contributed by atoms with van der Waals surface area (Å²) in [7, 11) is 0. The molecule has 2 heterocycles.